The average molecular weight is 247 g/mol. The van der Waals surface area contributed by atoms with Crippen molar-refractivity contribution in [2.45, 2.75) is 19.4 Å². The lowest BCUT2D eigenvalue weighted by molar-refractivity contribution is -0.545. The van der Waals surface area contributed by atoms with Crippen LogP contribution in [-0.2, 0) is 4.79 Å². The van der Waals surface area contributed by atoms with Crippen molar-refractivity contribution in [1.82, 2.24) is 0 Å². The highest BCUT2D eigenvalue weighted by Crippen LogP contribution is 2.45. The van der Waals surface area contributed by atoms with Crippen LogP contribution >= 0.6 is 0 Å². The predicted octanol–water partition coefficient (Wildman–Crippen LogP) is 2.51. The zero-order chi connectivity index (χ0) is 13.3. The van der Waals surface area contributed by atoms with Crippen LogP contribution in [0, 0.1) is 15.5 Å². The summed E-state index contributed by atoms with van der Waals surface area (Å²) < 4.78 is 0. The van der Waals surface area contributed by atoms with Crippen LogP contribution in [-0.4, -0.2) is 16.0 Å². The molecule has 0 aromatic heterocycles. The molecule has 0 heterocycles. The summed E-state index contributed by atoms with van der Waals surface area (Å²) in [5.41, 5.74) is 0.361. The smallest absolute Gasteiger partial charge is 0.304 e. The summed E-state index contributed by atoms with van der Waals surface area (Å²) in [6.07, 6.45) is 3.14. The van der Waals surface area contributed by atoms with E-state index in [4.69, 9.17) is 5.11 Å². The number of carboxylic acids is 1. The number of hydrogen-bond acceptors (Lipinski definition) is 3. The molecule has 0 aliphatic heterocycles. The highest BCUT2D eigenvalue weighted by atomic mass is 16.6. The van der Waals surface area contributed by atoms with Crippen molar-refractivity contribution in [3.63, 3.8) is 0 Å². The van der Waals surface area contributed by atoms with Crippen molar-refractivity contribution in [2.24, 2.45) is 5.41 Å². The fourth-order valence-corrected chi connectivity index (χ4v) is 2.47. The van der Waals surface area contributed by atoms with Crippen molar-refractivity contribution >= 4 is 12.0 Å². The van der Waals surface area contributed by atoms with Crippen LogP contribution in [0.1, 0.15) is 30.5 Å². The Morgan fingerprint density at radius 2 is 2.17 bits per heavy atom. The molecule has 0 saturated heterocycles. The van der Waals surface area contributed by atoms with Gasteiger partial charge in [-0.05, 0) is 12.5 Å². The summed E-state index contributed by atoms with van der Waals surface area (Å²) >= 11 is 0. The molecule has 2 atom stereocenters. The lowest BCUT2D eigenvalue weighted by atomic mass is 9.71. The van der Waals surface area contributed by atoms with Crippen LogP contribution in [0.4, 0.5) is 0 Å². The Kier molecular flexibility index (Phi) is 2.90. The maximum absolute atomic E-state index is 11.3. The number of hydrogen-bond donors (Lipinski definition) is 1. The van der Waals surface area contributed by atoms with Crippen molar-refractivity contribution in [1.29, 1.82) is 0 Å². The SMILES string of the molecule is CC1(CC(=O)O)C=Cc2ccccc2C1[N+](=O)[O-]. The van der Waals surface area contributed by atoms with E-state index in [-0.39, 0.29) is 6.42 Å². The predicted molar refractivity (Wildman–Crippen MR) is 65.6 cm³/mol. The highest BCUT2D eigenvalue weighted by molar-refractivity contribution is 5.70. The van der Waals surface area contributed by atoms with E-state index in [1.165, 1.54) is 0 Å². The van der Waals surface area contributed by atoms with Gasteiger partial charge in [0.1, 0.15) is 0 Å². The molecule has 1 aliphatic rings. The molecule has 1 N–H and O–H groups in total. The largest absolute Gasteiger partial charge is 0.481 e. The molecular weight excluding hydrogens is 234 g/mol. The minimum Gasteiger partial charge on any atom is -0.481 e. The number of aliphatic carboxylic acids is 1. The normalized spacial score (nSPS) is 25.5. The first-order chi connectivity index (χ1) is 8.44. The third-order valence-electron chi connectivity index (χ3n) is 3.30. The van der Waals surface area contributed by atoms with Gasteiger partial charge in [0, 0.05) is 10.5 Å². The molecule has 1 aromatic rings. The first kappa shape index (κ1) is 12.3. The van der Waals surface area contributed by atoms with Gasteiger partial charge in [-0.15, -0.1) is 0 Å². The van der Waals surface area contributed by atoms with Crippen molar-refractivity contribution in [3.8, 4) is 0 Å². The summed E-state index contributed by atoms with van der Waals surface area (Å²) in [6.45, 7) is 1.61. The lowest BCUT2D eigenvalue weighted by Crippen LogP contribution is -2.34. The third kappa shape index (κ3) is 1.99. The molecule has 94 valence electrons. The molecule has 18 heavy (non-hydrogen) atoms. The van der Waals surface area contributed by atoms with Gasteiger partial charge in [-0.1, -0.05) is 36.4 Å². The molecule has 0 radical (unpaired) electrons. The quantitative estimate of drug-likeness (QED) is 0.657. The molecule has 5 heteroatoms. The number of nitro groups is 1. The van der Waals surface area contributed by atoms with Gasteiger partial charge in [0.25, 0.3) is 0 Å². The third-order valence-corrected chi connectivity index (χ3v) is 3.30. The van der Waals surface area contributed by atoms with Crippen LogP contribution in [0.15, 0.2) is 30.3 Å². The van der Waals surface area contributed by atoms with Crippen molar-refractivity contribution in [3.05, 3.63) is 51.6 Å². The van der Waals surface area contributed by atoms with E-state index < -0.39 is 22.3 Å². The first-order valence-corrected chi connectivity index (χ1v) is 5.57. The zero-order valence-electron chi connectivity index (χ0n) is 9.87. The Hall–Kier alpha value is -2.17. The van der Waals surface area contributed by atoms with Gasteiger partial charge in [0.15, 0.2) is 0 Å². The van der Waals surface area contributed by atoms with Gasteiger partial charge in [-0.3, -0.25) is 14.9 Å². The van der Waals surface area contributed by atoms with Crippen molar-refractivity contribution in [2.75, 3.05) is 0 Å². The van der Waals surface area contributed by atoms with Gasteiger partial charge < -0.3 is 5.11 Å². The van der Waals surface area contributed by atoms with E-state index in [0.717, 1.165) is 5.56 Å². The second-order valence-corrected chi connectivity index (χ2v) is 4.73. The van der Waals surface area contributed by atoms with Gasteiger partial charge in [0.2, 0.25) is 6.04 Å². The molecule has 0 spiro atoms. The highest BCUT2D eigenvalue weighted by Gasteiger charge is 2.46. The van der Waals surface area contributed by atoms with E-state index in [9.17, 15) is 14.9 Å². The molecular formula is C13H13NO4. The van der Waals surface area contributed by atoms with Gasteiger partial charge in [0.05, 0.1) is 11.8 Å². The van der Waals surface area contributed by atoms with Crippen LogP contribution in [0.5, 0.6) is 0 Å². The summed E-state index contributed by atoms with van der Waals surface area (Å²) in [7, 11) is 0. The molecule has 0 fully saturated rings. The molecule has 0 amide bonds. The topological polar surface area (TPSA) is 80.4 Å². The molecule has 0 saturated carbocycles. The van der Waals surface area contributed by atoms with Crippen molar-refractivity contribution < 1.29 is 14.8 Å². The first-order valence-electron chi connectivity index (χ1n) is 5.57. The Bertz CT molecular complexity index is 538. The number of carboxylic acid groups (broad SMARTS) is 1. The van der Waals surface area contributed by atoms with E-state index in [1.54, 1.807) is 43.3 Å². The maximum Gasteiger partial charge on any atom is 0.304 e. The lowest BCUT2D eigenvalue weighted by Gasteiger charge is -2.31. The fourth-order valence-electron chi connectivity index (χ4n) is 2.47. The average Bonchev–Trinajstić information content (AvgIpc) is 2.26. The number of rotatable bonds is 3. The van der Waals surface area contributed by atoms with Crippen LogP contribution in [0.2, 0.25) is 0 Å². The Morgan fingerprint density at radius 1 is 1.50 bits per heavy atom. The minimum atomic E-state index is -1.03. The summed E-state index contributed by atoms with van der Waals surface area (Å²) in [4.78, 5) is 21.8. The Balaban J connectivity index is 2.53. The van der Waals surface area contributed by atoms with Gasteiger partial charge >= 0.3 is 5.97 Å². The van der Waals surface area contributed by atoms with Gasteiger partial charge in [-0.25, -0.2) is 0 Å². The number of benzene rings is 1. The van der Waals surface area contributed by atoms with Crippen LogP contribution in [0.3, 0.4) is 0 Å². The fraction of sp³-hybridized carbons (Fsp3) is 0.308. The molecule has 0 bridgehead atoms. The standard InChI is InChI=1S/C13H13NO4/c1-13(8-11(15)16)7-6-9-4-2-3-5-10(9)12(13)14(17)18/h2-7,12H,8H2,1H3,(H,15,16). The molecule has 2 unspecified atom stereocenters. The number of nitrogens with zero attached hydrogens (tertiary/aromatic N) is 1. The monoisotopic (exact) mass is 247 g/mol. The van der Waals surface area contributed by atoms with Crippen LogP contribution < -0.4 is 0 Å². The van der Waals surface area contributed by atoms with Crippen LogP contribution in [0.25, 0.3) is 6.08 Å². The minimum absolute atomic E-state index is 0.260. The summed E-state index contributed by atoms with van der Waals surface area (Å²) in [5.74, 6) is -1.03. The zero-order valence-corrected chi connectivity index (χ0v) is 9.87. The van der Waals surface area contributed by atoms with E-state index in [0.29, 0.717) is 5.56 Å². The van der Waals surface area contributed by atoms with E-state index in [2.05, 4.69) is 0 Å². The van der Waals surface area contributed by atoms with Gasteiger partial charge in [-0.2, -0.15) is 0 Å². The summed E-state index contributed by atoms with van der Waals surface area (Å²) in [6, 6.07) is 6.00. The number of carbonyl (C=O) groups is 1. The second kappa shape index (κ2) is 4.25. The molecule has 5 nitrogen and oxygen atoms in total. The Morgan fingerprint density at radius 3 is 2.78 bits per heavy atom. The maximum atomic E-state index is 11.3. The summed E-state index contributed by atoms with van der Waals surface area (Å²) in [5, 5.41) is 20.2. The van der Waals surface area contributed by atoms with E-state index in [1.807, 2.05) is 0 Å². The second-order valence-electron chi connectivity index (χ2n) is 4.73. The Labute approximate surface area is 104 Å². The number of fused-ring (bicyclic) bond motifs is 1. The molecule has 1 aliphatic carbocycles. The molecule has 1 aromatic carbocycles. The molecule has 2 rings (SSSR count). The van der Waals surface area contributed by atoms with E-state index >= 15 is 0 Å².